The summed E-state index contributed by atoms with van der Waals surface area (Å²) in [5.74, 6) is -0.100. The Hall–Kier alpha value is -2.96. The Morgan fingerprint density at radius 3 is 2.61 bits per heavy atom. The van der Waals surface area contributed by atoms with Gasteiger partial charge >= 0.3 is 0 Å². The van der Waals surface area contributed by atoms with Crippen molar-refractivity contribution in [2.75, 3.05) is 26.2 Å². The third-order valence-electron chi connectivity index (χ3n) is 6.72. The van der Waals surface area contributed by atoms with Crippen LogP contribution in [0.3, 0.4) is 0 Å². The Labute approximate surface area is 198 Å². The van der Waals surface area contributed by atoms with Gasteiger partial charge in [-0.2, -0.15) is 0 Å². The standard InChI is InChI=1S/C27H28N2O3S/c1-20-9-11-21(12-10-20)16-25(30)28-13-14-32-27(19-28)24(22-6-3-2-4-7-22)18-29(26(27)31)17-23-8-5-15-33-23/h2-12,15,24H,13-14,16-19H2,1H3/t24-,27+/m1/s1. The van der Waals surface area contributed by atoms with Crippen molar-refractivity contribution in [2.45, 2.75) is 31.4 Å². The summed E-state index contributed by atoms with van der Waals surface area (Å²) in [7, 11) is 0. The molecule has 3 aromatic rings. The van der Waals surface area contributed by atoms with Crippen molar-refractivity contribution >= 4 is 23.2 Å². The minimum atomic E-state index is -1.04. The minimum absolute atomic E-state index is 0.0161. The van der Waals surface area contributed by atoms with Gasteiger partial charge in [0.05, 0.1) is 26.1 Å². The molecule has 0 N–H and O–H groups in total. The quantitative estimate of drug-likeness (QED) is 0.578. The smallest absolute Gasteiger partial charge is 0.257 e. The van der Waals surface area contributed by atoms with E-state index in [4.69, 9.17) is 4.74 Å². The van der Waals surface area contributed by atoms with Crippen molar-refractivity contribution in [3.05, 3.63) is 93.7 Å². The molecular formula is C27H28N2O3S. The predicted molar refractivity (Wildman–Crippen MR) is 129 cm³/mol. The number of rotatable bonds is 5. The molecule has 3 heterocycles. The lowest BCUT2D eigenvalue weighted by Crippen LogP contribution is -2.59. The lowest BCUT2D eigenvalue weighted by atomic mass is 9.83. The third kappa shape index (κ3) is 4.33. The fourth-order valence-electron chi connectivity index (χ4n) is 4.95. The molecular weight excluding hydrogens is 432 g/mol. The maximum atomic E-state index is 13.8. The molecule has 1 spiro atoms. The Morgan fingerprint density at radius 2 is 1.88 bits per heavy atom. The summed E-state index contributed by atoms with van der Waals surface area (Å²) in [6.45, 7) is 4.35. The van der Waals surface area contributed by atoms with Crippen LogP contribution in [0.15, 0.2) is 72.1 Å². The molecule has 5 rings (SSSR count). The van der Waals surface area contributed by atoms with Gasteiger partial charge in [-0.3, -0.25) is 9.59 Å². The second-order valence-electron chi connectivity index (χ2n) is 8.94. The van der Waals surface area contributed by atoms with E-state index in [0.717, 1.165) is 16.0 Å². The maximum Gasteiger partial charge on any atom is 0.257 e. The van der Waals surface area contributed by atoms with Crippen molar-refractivity contribution in [3.63, 3.8) is 0 Å². The van der Waals surface area contributed by atoms with Gasteiger partial charge in [0.1, 0.15) is 0 Å². The van der Waals surface area contributed by atoms with E-state index in [-0.39, 0.29) is 24.3 Å². The van der Waals surface area contributed by atoms with Gasteiger partial charge in [0, 0.05) is 23.9 Å². The average molecular weight is 461 g/mol. The number of hydrogen-bond acceptors (Lipinski definition) is 4. The first kappa shape index (κ1) is 21.9. The molecule has 5 nitrogen and oxygen atoms in total. The van der Waals surface area contributed by atoms with Gasteiger partial charge in [-0.25, -0.2) is 0 Å². The number of thiophene rings is 1. The molecule has 0 unspecified atom stereocenters. The van der Waals surface area contributed by atoms with E-state index in [1.807, 2.05) is 70.6 Å². The minimum Gasteiger partial charge on any atom is -0.361 e. The fourth-order valence-corrected chi connectivity index (χ4v) is 5.67. The number of aryl methyl sites for hydroxylation is 1. The second kappa shape index (κ2) is 9.12. The van der Waals surface area contributed by atoms with Crippen LogP contribution in [-0.2, 0) is 27.3 Å². The fraction of sp³-hybridized carbons (Fsp3) is 0.333. The SMILES string of the molecule is Cc1ccc(CC(=O)N2CCO[C@]3(C2)C(=O)N(Cc2cccs2)C[C@@H]3c2ccccc2)cc1. The Kier molecular flexibility index (Phi) is 6.04. The molecule has 6 heteroatoms. The Morgan fingerprint density at radius 1 is 1.09 bits per heavy atom. The van der Waals surface area contributed by atoms with Gasteiger partial charge < -0.3 is 14.5 Å². The van der Waals surface area contributed by atoms with Crippen LogP contribution in [0.4, 0.5) is 0 Å². The van der Waals surface area contributed by atoms with Crippen molar-refractivity contribution in [3.8, 4) is 0 Å². The van der Waals surface area contributed by atoms with Gasteiger partial charge in [-0.15, -0.1) is 11.3 Å². The number of ether oxygens (including phenoxy) is 1. The van der Waals surface area contributed by atoms with Crippen LogP contribution in [0.5, 0.6) is 0 Å². The van der Waals surface area contributed by atoms with Gasteiger partial charge in [-0.05, 0) is 29.5 Å². The van der Waals surface area contributed by atoms with Crippen molar-refractivity contribution in [1.29, 1.82) is 0 Å². The largest absolute Gasteiger partial charge is 0.361 e. The van der Waals surface area contributed by atoms with Gasteiger partial charge in [0.2, 0.25) is 5.91 Å². The molecule has 2 saturated heterocycles. The molecule has 33 heavy (non-hydrogen) atoms. The van der Waals surface area contributed by atoms with E-state index in [2.05, 4.69) is 18.2 Å². The molecule has 2 fully saturated rings. The summed E-state index contributed by atoms with van der Waals surface area (Å²) in [6.07, 6.45) is 0.333. The molecule has 2 aliphatic heterocycles. The predicted octanol–water partition coefficient (Wildman–Crippen LogP) is 4.02. The van der Waals surface area contributed by atoms with Crippen LogP contribution < -0.4 is 0 Å². The van der Waals surface area contributed by atoms with E-state index in [1.54, 1.807) is 11.3 Å². The summed E-state index contributed by atoms with van der Waals surface area (Å²) in [6, 6.07) is 22.2. The zero-order valence-corrected chi connectivity index (χ0v) is 19.6. The lowest BCUT2D eigenvalue weighted by Gasteiger charge is -2.42. The first-order chi connectivity index (χ1) is 16.0. The molecule has 1 aromatic heterocycles. The first-order valence-electron chi connectivity index (χ1n) is 11.4. The summed E-state index contributed by atoms with van der Waals surface area (Å²) in [5, 5.41) is 2.03. The molecule has 0 saturated carbocycles. The number of hydrogen-bond donors (Lipinski definition) is 0. The highest BCUT2D eigenvalue weighted by Crippen LogP contribution is 2.42. The zero-order valence-electron chi connectivity index (χ0n) is 18.8. The van der Waals surface area contributed by atoms with Crippen molar-refractivity contribution in [1.82, 2.24) is 9.80 Å². The van der Waals surface area contributed by atoms with Crippen LogP contribution in [0, 0.1) is 6.92 Å². The summed E-state index contributed by atoms with van der Waals surface area (Å²) in [4.78, 5) is 31.9. The van der Waals surface area contributed by atoms with Crippen molar-refractivity contribution < 1.29 is 14.3 Å². The lowest BCUT2D eigenvalue weighted by molar-refractivity contribution is -0.167. The number of nitrogens with zero attached hydrogens (tertiary/aromatic N) is 2. The average Bonchev–Trinajstić information content (AvgIpc) is 3.44. The maximum absolute atomic E-state index is 13.8. The highest BCUT2D eigenvalue weighted by Gasteiger charge is 2.58. The Balaban J connectivity index is 1.41. The Bertz CT molecular complexity index is 1110. The number of benzene rings is 2. The topological polar surface area (TPSA) is 49.9 Å². The second-order valence-corrected chi connectivity index (χ2v) is 9.98. The molecule has 2 aromatic carbocycles. The first-order valence-corrected chi connectivity index (χ1v) is 12.3. The number of carbonyl (C=O) groups is 2. The summed E-state index contributed by atoms with van der Waals surface area (Å²) in [5.41, 5.74) is 2.19. The highest BCUT2D eigenvalue weighted by molar-refractivity contribution is 7.09. The normalized spacial score (nSPS) is 22.8. The van der Waals surface area contributed by atoms with Crippen molar-refractivity contribution in [2.24, 2.45) is 0 Å². The zero-order chi connectivity index (χ0) is 22.8. The third-order valence-corrected chi connectivity index (χ3v) is 7.58. The number of amides is 2. The van der Waals surface area contributed by atoms with E-state index < -0.39 is 5.60 Å². The van der Waals surface area contributed by atoms with Gasteiger partial charge in [0.25, 0.3) is 5.91 Å². The summed E-state index contributed by atoms with van der Waals surface area (Å²) < 4.78 is 6.32. The molecule has 0 radical (unpaired) electrons. The van der Waals surface area contributed by atoms with E-state index in [0.29, 0.717) is 32.7 Å². The van der Waals surface area contributed by atoms with E-state index >= 15 is 0 Å². The number of carbonyl (C=O) groups excluding carboxylic acids is 2. The van der Waals surface area contributed by atoms with E-state index in [9.17, 15) is 9.59 Å². The number of likely N-dealkylation sites (tertiary alicyclic amines) is 1. The molecule has 0 aliphatic carbocycles. The van der Waals surface area contributed by atoms with Crippen LogP contribution in [-0.4, -0.2) is 53.5 Å². The molecule has 2 aliphatic rings. The van der Waals surface area contributed by atoms with Crippen LogP contribution in [0.1, 0.15) is 27.5 Å². The molecule has 2 amide bonds. The highest BCUT2D eigenvalue weighted by atomic mass is 32.1. The van der Waals surface area contributed by atoms with Crippen LogP contribution in [0.25, 0.3) is 0 Å². The van der Waals surface area contributed by atoms with Crippen LogP contribution in [0.2, 0.25) is 0 Å². The number of morpholine rings is 1. The monoisotopic (exact) mass is 460 g/mol. The van der Waals surface area contributed by atoms with Gasteiger partial charge in [0.15, 0.2) is 5.60 Å². The summed E-state index contributed by atoms with van der Waals surface area (Å²) >= 11 is 1.65. The van der Waals surface area contributed by atoms with Crippen LogP contribution >= 0.6 is 11.3 Å². The molecule has 170 valence electrons. The van der Waals surface area contributed by atoms with E-state index in [1.165, 1.54) is 5.56 Å². The molecule has 0 bridgehead atoms. The van der Waals surface area contributed by atoms with Gasteiger partial charge in [-0.1, -0.05) is 66.2 Å². The molecule has 2 atom stereocenters.